The molecule has 2 aromatic carbocycles. The van der Waals surface area contributed by atoms with Gasteiger partial charge >= 0.3 is 5.97 Å². The van der Waals surface area contributed by atoms with Crippen LogP contribution in [0.15, 0.2) is 54.6 Å². The molecule has 132 valence electrons. The van der Waals surface area contributed by atoms with Gasteiger partial charge in [-0.05, 0) is 29.0 Å². The average Bonchev–Trinajstić information content (AvgIpc) is 2.61. The molecule has 0 aliphatic rings. The predicted molar refractivity (Wildman–Crippen MR) is 99.6 cm³/mol. The number of carbonyl (C=O) groups is 2. The summed E-state index contributed by atoms with van der Waals surface area (Å²) in [5, 5.41) is 2.82. The Morgan fingerprint density at radius 3 is 2.28 bits per heavy atom. The van der Waals surface area contributed by atoms with Crippen LogP contribution in [0.5, 0.6) is 0 Å². The summed E-state index contributed by atoms with van der Waals surface area (Å²) in [7, 11) is 0. The third-order valence-corrected chi connectivity index (χ3v) is 4.06. The molecule has 0 aromatic heterocycles. The van der Waals surface area contributed by atoms with E-state index in [2.05, 4.69) is 19.2 Å². The zero-order valence-electron chi connectivity index (χ0n) is 15.0. The summed E-state index contributed by atoms with van der Waals surface area (Å²) in [5.41, 5.74) is 2.89. The largest absolute Gasteiger partial charge is 0.456 e. The monoisotopic (exact) mass is 339 g/mol. The van der Waals surface area contributed by atoms with Crippen molar-refractivity contribution >= 4 is 17.6 Å². The van der Waals surface area contributed by atoms with Crippen LogP contribution in [0.3, 0.4) is 0 Å². The molecule has 1 N–H and O–H groups in total. The lowest BCUT2D eigenvalue weighted by Crippen LogP contribution is -2.22. The summed E-state index contributed by atoms with van der Waals surface area (Å²) in [4.78, 5) is 24.0. The van der Waals surface area contributed by atoms with Gasteiger partial charge in [0, 0.05) is 5.69 Å². The molecule has 0 heterocycles. The number of hydrogen-bond donors (Lipinski definition) is 1. The van der Waals surface area contributed by atoms with Crippen LogP contribution in [0.25, 0.3) is 0 Å². The summed E-state index contributed by atoms with van der Waals surface area (Å²) >= 11 is 0. The van der Waals surface area contributed by atoms with Gasteiger partial charge in [-0.15, -0.1) is 0 Å². The van der Waals surface area contributed by atoms with Crippen molar-refractivity contribution in [2.24, 2.45) is 0 Å². The molecule has 4 heteroatoms. The van der Waals surface area contributed by atoms with Gasteiger partial charge in [0.2, 0.25) is 0 Å². The van der Waals surface area contributed by atoms with Crippen molar-refractivity contribution in [2.45, 2.75) is 39.0 Å². The third-order valence-electron chi connectivity index (χ3n) is 4.06. The number of carbonyl (C=O) groups excluding carboxylic acids is 2. The molecule has 0 bridgehead atoms. The summed E-state index contributed by atoms with van der Waals surface area (Å²) < 4.78 is 5.12. The molecule has 1 amide bonds. The number of anilines is 1. The van der Waals surface area contributed by atoms with Gasteiger partial charge in [0.05, 0.1) is 6.42 Å². The quantitative estimate of drug-likeness (QED) is 0.756. The van der Waals surface area contributed by atoms with Gasteiger partial charge in [-0.2, -0.15) is 0 Å². The zero-order chi connectivity index (χ0) is 18.2. The van der Waals surface area contributed by atoms with Gasteiger partial charge in [0.15, 0.2) is 6.61 Å². The van der Waals surface area contributed by atoms with Crippen LogP contribution in [0, 0.1) is 0 Å². The van der Waals surface area contributed by atoms with Gasteiger partial charge in [-0.25, -0.2) is 0 Å². The summed E-state index contributed by atoms with van der Waals surface area (Å²) in [5.74, 6) is -0.346. The fraction of sp³-hybridized carbons (Fsp3) is 0.333. The Labute approximate surface area is 149 Å². The van der Waals surface area contributed by atoms with Crippen molar-refractivity contribution in [1.29, 1.82) is 0 Å². The van der Waals surface area contributed by atoms with Crippen LogP contribution in [-0.4, -0.2) is 18.5 Å². The van der Waals surface area contributed by atoms with Crippen molar-refractivity contribution in [3.63, 3.8) is 0 Å². The molecule has 4 nitrogen and oxygen atoms in total. The highest BCUT2D eigenvalue weighted by Crippen LogP contribution is 2.23. The predicted octanol–water partition coefficient (Wildman–Crippen LogP) is 4.49. The molecule has 0 saturated carbocycles. The Morgan fingerprint density at radius 2 is 1.60 bits per heavy atom. The minimum absolute atomic E-state index is 0.0541. The molecule has 0 radical (unpaired) electrons. The molecule has 1 atom stereocenters. The van der Waals surface area contributed by atoms with E-state index in [9.17, 15) is 9.59 Å². The molecule has 2 rings (SSSR count). The van der Waals surface area contributed by atoms with Gasteiger partial charge in [0.1, 0.15) is 0 Å². The summed E-state index contributed by atoms with van der Waals surface area (Å²) in [6.07, 6.45) is 0.250. The molecule has 0 aliphatic carbocycles. The average molecular weight is 339 g/mol. The number of nitrogens with one attached hydrogen (secondary N) is 1. The minimum Gasteiger partial charge on any atom is -0.456 e. The number of hydrogen-bond acceptors (Lipinski definition) is 3. The number of rotatable bonds is 7. The number of amides is 1. The van der Waals surface area contributed by atoms with Crippen LogP contribution < -0.4 is 5.32 Å². The summed E-state index contributed by atoms with van der Waals surface area (Å²) in [6, 6.07) is 17.4. The first-order valence-corrected chi connectivity index (χ1v) is 8.56. The lowest BCUT2D eigenvalue weighted by atomic mass is 9.98. The van der Waals surface area contributed by atoms with Crippen LogP contribution in [-0.2, 0) is 14.3 Å². The molecule has 0 unspecified atom stereocenters. The van der Waals surface area contributed by atoms with Crippen LogP contribution in [0.4, 0.5) is 5.69 Å². The molecule has 0 spiro atoms. The van der Waals surface area contributed by atoms with Gasteiger partial charge < -0.3 is 10.1 Å². The Hall–Kier alpha value is -2.62. The first kappa shape index (κ1) is 18.7. The van der Waals surface area contributed by atoms with E-state index in [0.29, 0.717) is 5.92 Å². The first-order valence-electron chi connectivity index (χ1n) is 8.56. The highest BCUT2D eigenvalue weighted by molar-refractivity contribution is 5.93. The molecular formula is C21H25NO3. The van der Waals surface area contributed by atoms with E-state index in [-0.39, 0.29) is 30.8 Å². The van der Waals surface area contributed by atoms with E-state index >= 15 is 0 Å². The molecule has 0 fully saturated rings. The Balaban J connectivity index is 1.83. The Morgan fingerprint density at radius 1 is 0.960 bits per heavy atom. The molecule has 0 saturated heterocycles. The van der Waals surface area contributed by atoms with E-state index in [1.807, 2.05) is 61.5 Å². The maximum Gasteiger partial charge on any atom is 0.306 e. The Bertz CT molecular complexity index is 710. The van der Waals surface area contributed by atoms with E-state index in [1.165, 1.54) is 0 Å². The van der Waals surface area contributed by atoms with Crippen molar-refractivity contribution in [3.05, 3.63) is 65.7 Å². The number of benzene rings is 2. The van der Waals surface area contributed by atoms with Crippen LogP contribution >= 0.6 is 0 Å². The minimum atomic E-state index is -0.372. The van der Waals surface area contributed by atoms with Crippen molar-refractivity contribution < 1.29 is 14.3 Å². The summed E-state index contributed by atoms with van der Waals surface area (Å²) in [6.45, 7) is 5.83. The number of ether oxygens (including phenoxy) is 1. The standard InChI is InChI=1S/C21H25NO3/c1-15(2)18-11-7-8-12-19(18)22-20(23)14-25-21(24)13-16(3)17-9-5-4-6-10-17/h4-12,15-16H,13-14H2,1-3H3,(H,22,23)/t16-/m1/s1. The van der Waals surface area contributed by atoms with E-state index in [4.69, 9.17) is 4.74 Å². The van der Waals surface area contributed by atoms with Crippen molar-refractivity contribution in [2.75, 3.05) is 11.9 Å². The molecule has 25 heavy (non-hydrogen) atoms. The molecule has 0 aliphatic heterocycles. The van der Waals surface area contributed by atoms with E-state index < -0.39 is 0 Å². The lowest BCUT2D eigenvalue weighted by molar-refractivity contribution is -0.147. The van der Waals surface area contributed by atoms with Crippen LogP contribution in [0.2, 0.25) is 0 Å². The highest BCUT2D eigenvalue weighted by Gasteiger charge is 2.14. The fourth-order valence-corrected chi connectivity index (χ4v) is 2.65. The zero-order valence-corrected chi connectivity index (χ0v) is 15.0. The highest BCUT2D eigenvalue weighted by atomic mass is 16.5. The second kappa shape index (κ2) is 9.02. The topological polar surface area (TPSA) is 55.4 Å². The van der Waals surface area contributed by atoms with Crippen LogP contribution in [0.1, 0.15) is 50.2 Å². The lowest BCUT2D eigenvalue weighted by Gasteiger charge is -2.14. The SMILES string of the molecule is CC(C)c1ccccc1NC(=O)COC(=O)C[C@@H](C)c1ccccc1. The maximum absolute atomic E-state index is 12.1. The van der Waals surface area contributed by atoms with Gasteiger partial charge in [-0.1, -0.05) is 69.3 Å². The number of esters is 1. The third kappa shape index (κ3) is 5.75. The van der Waals surface area contributed by atoms with Crippen molar-refractivity contribution in [3.8, 4) is 0 Å². The van der Waals surface area contributed by atoms with E-state index in [0.717, 1.165) is 16.8 Å². The molecule has 2 aromatic rings. The first-order chi connectivity index (χ1) is 12.0. The fourth-order valence-electron chi connectivity index (χ4n) is 2.65. The van der Waals surface area contributed by atoms with Crippen molar-refractivity contribution in [1.82, 2.24) is 0 Å². The van der Waals surface area contributed by atoms with Gasteiger partial charge in [0.25, 0.3) is 5.91 Å². The van der Waals surface area contributed by atoms with Gasteiger partial charge in [-0.3, -0.25) is 9.59 Å². The van der Waals surface area contributed by atoms with E-state index in [1.54, 1.807) is 0 Å². The second-order valence-electron chi connectivity index (χ2n) is 6.47. The normalized spacial score (nSPS) is 11.8. The Kier molecular flexibility index (Phi) is 6.75. The second-order valence-corrected chi connectivity index (χ2v) is 6.47. The number of para-hydroxylation sites is 1. The molecular weight excluding hydrogens is 314 g/mol. The smallest absolute Gasteiger partial charge is 0.306 e. The maximum atomic E-state index is 12.1.